The van der Waals surface area contributed by atoms with Crippen LogP contribution in [0.2, 0.25) is 0 Å². The zero-order valence-electron chi connectivity index (χ0n) is 12.8. The average Bonchev–Trinajstić information content (AvgIpc) is 2.92. The number of hydrogen-bond acceptors (Lipinski definition) is 4. The molecule has 0 spiro atoms. The van der Waals surface area contributed by atoms with E-state index >= 15 is 0 Å². The van der Waals surface area contributed by atoms with Crippen molar-refractivity contribution in [1.29, 1.82) is 0 Å². The topological polar surface area (TPSA) is 70.5 Å². The van der Waals surface area contributed by atoms with Gasteiger partial charge in [-0.15, -0.1) is 11.3 Å². The van der Waals surface area contributed by atoms with Gasteiger partial charge in [0.05, 0.1) is 12.1 Å². The van der Waals surface area contributed by atoms with Crippen LogP contribution in [-0.2, 0) is 16.0 Å². The number of aromatic nitrogens is 1. The molecule has 1 N–H and O–H groups in total. The van der Waals surface area contributed by atoms with Crippen molar-refractivity contribution in [3.63, 3.8) is 0 Å². The number of rotatable bonds is 6. The highest BCUT2D eigenvalue weighted by atomic mass is 32.1. The Kier molecular flexibility index (Phi) is 5.44. The Balaban J connectivity index is 2.11. The van der Waals surface area contributed by atoms with Crippen molar-refractivity contribution in [1.82, 2.24) is 9.88 Å². The predicted molar refractivity (Wildman–Crippen MR) is 85.7 cm³/mol. The van der Waals surface area contributed by atoms with E-state index in [9.17, 15) is 14.0 Å². The molecule has 0 fully saturated rings. The maximum absolute atomic E-state index is 13.2. The van der Waals surface area contributed by atoms with Crippen LogP contribution in [-0.4, -0.2) is 39.5 Å². The third-order valence-electron chi connectivity index (χ3n) is 3.20. The van der Waals surface area contributed by atoms with Gasteiger partial charge >= 0.3 is 5.97 Å². The van der Waals surface area contributed by atoms with Crippen LogP contribution in [0, 0.1) is 5.82 Å². The molecule has 0 atom stereocenters. The lowest BCUT2D eigenvalue weighted by Gasteiger charge is -2.24. The molecule has 1 amide bonds. The summed E-state index contributed by atoms with van der Waals surface area (Å²) >= 11 is 1.32. The summed E-state index contributed by atoms with van der Waals surface area (Å²) in [5.41, 5.74) is 1.20. The number of thiazole rings is 1. The molecule has 2 aromatic rings. The van der Waals surface area contributed by atoms with Gasteiger partial charge in [0.15, 0.2) is 0 Å². The van der Waals surface area contributed by atoms with Crippen LogP contribution in [0.1, 0.15) is 19.5 Å². The minimum atomic E-state index is -1.05. The molecule has 7 heteroatoms. The average molecular weight is 336 g/mol. The molecule has 23 heavy (non-hydrogen) atoms. The Morgan fingerprint density at radius 3 is 2.74 bits per heavy atom. The number of hydrogen-bond donors (Lipinski definition) is 1. The van der Waals surface area contributed by atoms with E-state index in [0.29, 0.717) is 16.3 Å². The summed E-state index contributed by atoms with van der Waals surface area (Å²) in [5, 5.41) is 11.2. The van der Waals surface area contributed by atoms with E-state index in [2.05, 4.69) is 4.98 Å². The molecule has 1 aromatic carbocycles. The second kappa shape index (κ2) is 7.32. The summed E-state index contributed by atoms with van der Waals surface area (Å²) < 4.78 is 13.2. The normalized spacial score (nSPS) is 10.8. The quantitative estimate of drug-likeness (QED) is 0.880. The van der Waals surface area contributed by atoms with Crippen molar-refractivity contribution in [2.45, 2.75) is 26.3 Å². The number of nitrogens with zero attached hydrogens (tertiary/aromatic N) is 2. The van der Waals surface area contributed by atoms with Gasteiger partial charge in [0.1, 0.15) is 17.4 Å². The van der Waals surface area contributed by atoms with E-state index in [1.54, 1.807) is 31.4 Å². The Hall–Kier alpha value is -2.28. The molecule has 0 saturated heterocycles. The highest BCUT2D eigenvalue weighted by molar-refractivity contribution is 7.13. The monoisotopic (exact) mass is 336 g/mol. The van der Waals surface area contributed by atoms with Gasteiger partial charge < -0.3 is 10.0 Å². The zero-order valence-corrected chi connectivity index (χ0v) is 13.6. The highest BCUT2D eigenvalue weighted by Crippen LogP contribution is 2.24. The zero-order chi connectivity index (χ0) is 17.0. The van der Waals surface area contributed by atoms with Crippen molar-refractivity contribution < 1.29 is 19.1 Å². The lowest BCUT2D eigenvalue weighted by molar-refractivity contribution is -0.145. The third kappa shape index (κ3) is 4.59. The Bertz CT molecular complexity index is 715. The van der Waals surface area contributed by atoms with Crippen LogP contribution in [0.15, 0.2) is 29.6 Å². The lowest BCUT2D eigenvalue weighted by atomic mass is 10.2. The molecule has 5 nitrogen and oxygen atoms in total. The molecule has 0 aliphatic rings. The van der Waals surface area contributed by atoms with Crippen LogP contribution < -0.4 is 0 Å². The number of aliphatic carboxylic acids is 1. The van der Waals surface area contributed by atoms with Crippen LogP contribution in [0.5, 0.6) is 0 Å². The summed E-state index contributed by atoms with van der Waals surface area (Å²) in [6.45, 7) is 3.19. The highest BCUT2D eigenvalue weighted by Gasteiger charge is 2.21. The standard InChI is InChI=1S/C16H17FN2O3S/c1-10(2)19(8-15(21)22)14(20)7-13-9-23-16(18-13)11-4-3-5-12(17)6-11/h3-6,9-10H,7-8H2,1-2H3,(H,21,22). The van der Waals surface area contributed by atoms with Crippen LogP contribution in [0.3, 0.4) is 0 Å². The minimum Gasteiger partial charge on any atom is -0.480 e. The van der Waals surface area contributed by atoms with Gasteiger partial charge in [0.2, 0.25) is 5.91 Å². The summed E-state index contributed by atoms with van der Waals surface area (Å²) in [7, 11) is 0. The van der Waals surface area contributed by atoms with Gasteiger partial charge in [-0.2, -0.15) is 0 Å². The fraction of sp³-hybridized carbons (Fsp3) is 0.312. The van der Waals surface area contributed by atoms with E-state index in [4.69, 9.17) is 5.11 Å². The van der Waals surface area contributed by atoms with Crippen molar-refractivity contribution in [2.75, 3.05) is 6.54 Å². The summed E-state index contributed by atoms with van der Waals surface area (Å²) in [6.07, 6.45) is 0.0251. The molecular weight excluding hydrogens is 319 g/mol. The molecule has 2 rings (SSSR count). The summed E-state index contributed by atoms with van der Waals surface area (Å²) in [6, 6.07) is 5.88. The molecule has 0 unspecified atom stereocenters. The van der Waals surface area contributed by atoms with E-state index in [1.165, 1.54) is 28.4 Å². The largest absolute Gasteiger partial charge is 0.480 e. The minimum absolute atomic E-state index is 0.0251. The number of carbonyl (C=O) groups excluding carboxylic acids is 1. The van der Waals surface area contributed by atoms with Gasteiger partial charge in [0, 0.05) is 17.0 Å². The first kappa shape index (κ1) is 17.1. The molecule has 0 bridgehead atoms. The van der Waals surface area contributed by atoms with Crippen molar-refractivity contribution in [3.05, 3.63) is 41.2 Å². The second-order valence-corrected chi connectivity index (χ2v) is 6.20. The third-order valence-corrected chi connectivity index (χ3v) is 4.15. The number of benzene rings is 1. The first-order chi connectivity index (χ1) is 10.9. The fourth-order valence-electron chi connectivity index (χ4n) is 2.10. The van der Waals surface area contributed by atoms with Gasteiger partial charge in [-0.25, -0.2) is 9.37 Å². The van der Waals surface area contributed by atoms with Gasteiger partial charge in [-0.05, 0) is 26.0 Å². The van der Waals surface area contributed by atoms with Gasteiger partial charge in [-0.3, -0.25) is 9.59 Å². The van der Waals surface area contributed by atoms with Gasteiger partial charge in [0.25, 0.3) is 0 Å². The van der Waals surface area contributed by atoms with Crippen LogP contribution in [0.25, 0.3) is 10.6 Å². The SMILES string of the molecule is CC(C)N(CC(=O)O)C(=O)Cc1csc(-c2cccc(F)c2)n1. The molecular formula is C16H17FN2O3S. The molecule has 1 heterocycles. The van der Waals surface area contributed by atoms with Crippen LogP contribution >= 0.6 is 11.3 Å². The van der Waals surface area contributed by atoms with Gasteiger partial charge in [-0.1, -0.05) is 12.1 Å². The molecule has 122 valence electrons. The second-order valence-electron chi connectivity index (χ2n) is 5.34. The van der Waals surface area contributed by atoms with Crippen molar-refractivity contribution in [2.24, 2.45) is 0 Å². The predicted octanol–water partition coefficient (Wildman–Crippen LogP) is 2.81. The smallest absolute Gasteiger partial charge is 0.323 e. The number of carbonyl (C=O) groups is 2. The number of carboxylic acid groups (broad SMARTS) is 1. The van der Waals surface area contributed by atoms with Crippen LogP contribution in [0.4, 0.5) is 4.39 Å². The number of carboxylic acids is 1. The molecule has 1 aromatic heterocycles. The first-order valence-corrected chi connectivity index (χ1v) is 7.96. The molecule has 0 saturated carbocycles. The Morgan fingerprint density at radius 2 is 2.13 bits per heavy atom. The molecule has 0 aliphatic carbocycles. The molecule has 0 aliphatic heterocycles. The maximum Gasteiger partial charge on any atom is 0.323 e. The van der Waals surface area contributed by atoms with E-state index in [0.717, 1.165) is 0 Å². The number of amides is 1. The maximum atomic E-state index is 13.2. The van der Waals surface area contributed by atoms with E-state index in [-0.39, 0.29) is 30.7 Å². The Labute approximate surface area is 137 Å². The molecule has 0 radical (unpaired) electrons. The van der Waals surface area contributed by atoms with Crippen molar-refractivity contribution in [3.8, 4) is 10.6 Å². The van der Waals surface area contributed by atoms with Crippen molar-refractivity contribution >= 4 is 23.2 Å². The number of halogens is 1. The summed E-state index contributed by atoms with van der Waals surface area (Å²) in [5.74, 6) is -1.69. The van der Waals surface area contributed by atoms with E-state index in [1.807, 2.05) is 0 Å². The Morgan fingerprint density at radius 1 is 1.39 bits per heavy atom. The first-order valence-electron chi connectivity index (χ1n) is 7.08. The lowest BCUT2D eigenvalue weighted by Crippen LogP contribution is -2.41. The van der Waals surface area contributed by atoms with E-state index < -0.39 is 5.97 Å². The fourth-order valence-corrected chi connectivity index (χ4v) is 2.92. The summed E-state index contributed by atoms with van der Waals surface area (Å²) in [4.78, 5) is 28.7.